The van der Waals surface area contributed by atoms with Crippen molar-refractivity contribution in [2.45, 2.75) is 11.7 Å². The molecular weight excluding hydrogens is 271 g/mol. The van der Waals surface area contributed by atoms with Crippen molar-refractivity contribution in [1.29, 1.82) is 0 Å². The summed E-state index contributed by atoms with van der Waals surface area (Å²) in [5.74, 6) is -0.773. The van der Waals surface area contributed by atoms with E-state index in [0.717, 1.165) is 0 Å². The van der Waals surface area contributed by atoms with E-state index in [0.29, 0.717) is 0 Å². The van der Waals surface area contributed by atoms with Gasteiger partial charge in [-0.2, -0.15) is 0 Å². The van der Waals surface area contributed by atoms with Gasteiger partial charge in [-0.3, -0.25) is 4.79 Å². The van der Waals surface area contributed by atoms with Crippen molar-refractivity contribution >= 4 is 15.9 Å². The van der Waals surface area contributed by atoms with Crippen LogP contribution in [0.2, 0.25) is 0 Å². The smallest absolute Gasteiger partial charge is 0.747 e. The molecule has 0 aliphatic carbocycles. The van der Waals surface area contributed by atoms with Gasteiger partial charge in [-0.1, -0.05) is 30.3 Å². The van der Waals surface area contributed by atoms with Crippen molar-refractivity contribution in [1.82, 2.24) is 0 Å². The number of rotatable bonds is 5. The van der Waals surface area contributed by atoms with E-state index < -0.39 is 27.8 Å². The predicted octanol–water partition coefficient (Wildman–Crippen LogP) is -2.83. The molecular formula is C10H11KO5S. The molecule has 1 rings (SSSR count). The van der Waals surface area contributed by atoms with E-state index in [9.17, 15) is 17.8 Å². The Bertz CT molecular complexity index is 457. The van der Waals surface area contributed by atoms with Gasteiger partial charge in [-0.05, 0) is 6.42 Å². The SMILES string of the molecule is O=C(c1ccccc1)C(CCO)S(=O)(=O)[O-].[K+]. The molecule has 5 nitrogen and oxygen atoms in total. The van der Waals surface area contributed by atoms with Crippen molar-refractivity contribution in [2.24, 2.45) is 0 Å². The van der Waals surface area contributed by atoms with Crippen LogP contribution in [0.15, 0.2) is 30.3 Å². The molecule has 88 valence electrons. The van der Waals surface area contributed by atoms with Gasteiger partial charge in [0.05, 0.1) is 0 Å². The minimum Gasteiger partial charge on any atom is -0.747 e. The van der Waals surface area contributed by atoms with Crippen LogP contribution in [0.3, 0.4) is 0 Å². The fourth-order valence-corrected chi connectivity index (χ4v) is 2.10. The minimum atomic E-state index is -4.73. The van der Waals surface area contributed by atoms with Gasteiger partial charge in [0, 0.05) is 12.2 Å². The third kappa shape index (κ3) is 5.27. The molecule has 0 spiro atoms. The molecule has 1 N–H and O–H groups in total. The fraction of sp³-hybridized carbons (Fsp3) is 0.300. The minimum absolute atomic E-state index is 0. The molecule has 0 fully saturated rings. The van der Waals surface area contributed by atoms with Gasteiger partial charge in [0.15, 0.2) is 5.78 Å². The van der Waals surface area contributed by atoms with Crippen LogP contribution in [0.25, 0.3) is 0 Å². The Morgan fingerprint density at radius 2 is 1.82 bits per heavy atom. The Kier molecular flexibility index (Phi) is 7.93. The number of Topliss-reactive ketones (excluding diaryl/α,β-unsaturated/α-hetero) is 1. The van der Waals surface area contributed by atoms with Gasteiger partial charge >= 0.3 is 51.4 Å². The first-order valence-corrected chi connectivity index (χ1v) is 6.09. The van der Waals surface area contributed by atoms with E-state index in [2.05, 4.69) is 0 Å². The van der Waals surface area contributed by atoms with Crippen LogP contribution in [0.4, 0.5) is 0 Å². The van der Waals surface area contributed by atoms with Gasteiger partial charge in [0.25, 0.3) is 0 Å². The van der Waals surface area contributed by atoms with E-state index in [1.54, 1.807) is 18.2 Å². The van der Waals surface area contributed by atoms with Crippen molar-refractivity contribution < 1.29 is 74.3 Å². The van der Waals surface area contributed by atoms with Gasteiger partial charge < -0.3 is 9.66 Å². The van der Waals surface area contributed by atoms with E-state index in [1.807, 2.05) is 0 Å². The monoisotopic (exact) mass is 282 g/mol. The van der Waals surface area contributed by atoms with Gasteiger partial charge in [0.1, 0.15) is 15.4 Å². The molecule has 0 aromatic heterocycles. The van der Waals surface area contributed by atoms with Crippen molar-refractivity contribution in [2.75, 3.05) is 6.61 Å². The number of ketones is 1. The Morgan fingerprint density at radius 1 is 1.29 bits per heavy atom. The van der Waals surface area contributed by atoms with Crippen molar-refractivity contribution in [3.05, 3.63) is 35.9 Å². The first-order valence-electron chi connectivity index (χ1n) is 4.61. The Labute approximate surface area is 142 Å². The van der Waals surface area contributed by atoms with E-state index >= 15 is 0 Å². The normalized spacial score (nSPS) is 12.6. The maximum Gasteiger partial charge on any atom is 1.00 e. The number of hydrogen-bond acceptors (Lipinski definition) is 5. The quantitative estimate of drug-likeness (QED) is 0.357. The largest absolute Gasteiger partial charge is 1.00 e. The van der Waals surface area contributed by atoms with Crippen LogP contribution in [0.5, 0.6) is 0 Å². The summed E-state index contributed by atoms with van der Waals surface area (Å²) in [6.07, 6.45) is -0.375. The topological polar surface area (TPSA) is 94.5 Å². The van der Waals surface area contributed by atoms with Crippen LogP contribution >= 0.6 is 0 Å². The molecule has 0 aliphatic heterocycles. The number of benzene rings is 1. The summed E-state index contributed by atoms with van der Waals surface area (Å²) in [4.78, 5) is 11.7. The molecule has 17 heavy (non-hydrogen) atoms. The predicted molar refractivity (Wildman–Crippen MR) is 56.0 cm³/mol. The maximum absolute atomic E-state index is 11.7. The standard InChI is InChI=1S/C10H12O5S.K/c11-7-6-9(16(13,14)15)10(12)8-4-2-1-3-5-8;/h1-5,9,11H,6-7H2,(H,13,14,15);/q;+1/p-1. The van der Waals surface area contributed by atoms with Crippen LogP contribution in [-0.4, -0.2) is 35.7 Å². The Hall–Kier alpha value is 0.396. The Balaban J connectivity index is 0.00000256. The summed E-state index contributed by atoms with van der Waals surface area (Å²) in [5, 5.41) is 6.93. The second-order valence-electron chi connectivity index (χ2n) is 3.22. The summed E-state index contributed by atoms with van der Waals surface area (Å²) < 4.78 is 32.5. The summed E-state index contributed by atoms with van der Waals surface area (Å²) in [7, 11) is -4.73. The van der Waals surface area contributed by atoms with Crippen molar-refractivity contribution in [3.8, 4) is 0 Å². The second kappa shape index (κ2) is 7.75. The first-order chi connectivity index (χ1) is 7.46. The average molecular weight is 282 g/mol. The van der Waals surface area contributed by atoms with E-state index in [1.165, 1.54) is 12.1 Å². The summed E-state index contributed by atoms with van der Waals surface area (Å²) in [6, 6.07) is 7.67. The number of aliphatic hydroxyl groups excluding tert-OH is 1. The molecule has 0 saturated carbocycles. The summed E-state index contributed by atoms with van der Waals surface area (Å²) in [6.45, 7) is -0.523. The molecule has 0 aliphatic rings. The number of aliphatic hydroxyl groups is 1. The molecule has 1 atom stereocenters. The molecule has 0 bridgehead atoms. The zero-order valence-electron chi connectivity index (χ0n) is 9.37. The molecule has 1 unspecified atom stereocenters. The summed E-state index contributed by atoms with van der Waals surface area (Å²) in [5.41, 5.74) is 0.153. The Morgan fingerprint density at radius 3 is 2.24 bits per heavy atom. The van der Waals surface area contributed by atoms with Gasteiger partial charge in [0.2, 0.25) is 0 Å². The number of carbonyl (C=O) groups excluding carboxylic acids is 1. The van der Waals surface area contributed by atoms with E-state index in [4.69, 9.17) is 5.11 Å². The van der Waals surface area contributed by atoms with Gasteiger partial charge in [-0.25, -0.2) is 8.42 Å². The number of carbonyl (C=O) groups is 1. The third-order valence-corrected chi connectivity index (χ3v) is 3.24. The molecule has 1 aromatic carbocycles. The third-order valence-electron chi connectivity index (χ3n) is 2.09. The van der Waals surface area contributed by atoms with Crippen LogP contribution in [-0.2, 0) is 10.1 Å². The molecule has 0 heterocycles. The molecule has 0 amide bonds. The maximum atomic E-state index is 11.7. The first kappa shape index (κ1) is 17.4. The van der Waals surface area contributed by atoms with E-state index in [-0.39, 0.29) is 63.4 Å². The average Bonchev–Trinajstić information content (AvgIpc) is 2.25. The zero-order valence-corrected chi connectivity index (χ0v) is 13.3. The number of hydrogen-bond donors (Lipinski definition) is 1. The molecule has 7 heteroatoms. The molecule has 0 saturated heterocycles. The zero-order chi connectivity index (χ0) is 12.2. The van der Waals surface area contributed by atoms with Crippen LogP contribution in [0, 0.1) is 0 Å². The van der Waals surface area contributed by atoms with Crippen molar-refractivity contribution in [3.63, 3.8) is 0 Å². The van der Waals surface area contributed by atoms with Gasteiger partial charge in [-0.15, -0.1) is 0 Å². The molecule has 0 radical (unpaired) electrons. The fourth-order valence-electron chi connectivity index (χ4n) is 1.31. The molecule has 1 aromatic rings. The van der Waals surface area contributed by atoms with Crippen LogP contribution in [0.1, 0.15) is 16.8 Å². The second-order valence-corrected chi connectivity index (χ2v) is 4.78. The van der Waals surface area contributed by atoms with Crippen LogP contribution < -0.4 is 51.4 Å². The summed E-state index contributed by atoms with van der Waals surface area (Å²) >= 11 is 0.